The summed E-state index contributed by atoms with van der Waals surface area (Å²) in [5.41, 5.74) is 0. The van der Waals surface area contributed by atoms with Gasteiger partial charge in [0.1, 0.15) is 6.04 Å². The van der Waals surface area contributed by atoms with Gasteiger partial charge in [0.05, 0.1) is 0 Å². The van der Waals surface area contributed by atoms with Crippen molar-refractivity contribution in [2.24, 2.45) is 5.92 Å². The number of piperidine rings is 1. The minimum Gasteiger partial charge on any atom is -0.480 e. The Morgan fingerprint density at radius 2 is 2.00 bits per heavy atom. The summed E-state index contributed by atoms with van der Waals surface area (Å²) in [6, 6.07) is -0.609. The molecule has 1 aliphatic carbocycles. The van der Waals surface area contributed by atoms with Gasteiger partial charge in [-0.3, -0.25) is 0 Å². The van der Waals surface area contributed by atoms with Gasteiger partial charge in [-0.05, 0) is 44.4 Å². The first-order valence-corrected chi connectivity index (χ1v) is 6.88. The molecule has 2 N–H and O–H groups in total. The number of hydrogen-bond acceptors (Lipinski definition) is 2. The molecular formula is C13H22N2O3. The summed E-state index contributed by atoms with van der Waals surface area (Å²) in [5.74, 6) is -0.225. The Morgan fingerprint density at radius 3 is 2.61 bits per heavy atom. The van der Waals surface area contributed by atoms with E-state index in [4.69, 9.17) is 5.11 Å². The first kappa shape index (κ1) is 13.2. The summed E-state index contributed by atoms with van der Waals surface area (Å²) in [4.78, 5) is 24.8. The molecule has 0 aromatic carbocycles. The van der Waals surface area contributed by atoms with E-state index in [9.17, 15) is 9.59 Å². The van der Waals surface area contributed by atoms with Crippen molar-refractivity contribution in [2.45, 2.75) is 57.5 Å². The molecule has 3 atom stereocenters. The lowest BCUT2D eigenvalue weighted by Crippen LogP contribution is -2.53. The van der Waals surface area contributed by atoms with Crippen molar-refractivity contribution < 1.29 is 14.7 Å². The first-order chi connectivity index (χ1) is 8.58. The molecule has 1 heterocycles. The second-order valence-corrected chi connectivity index (χ2v) is 5.61. The lowest BCUT2D eigenvalue weighted by Gasteiger charge is -2.33. The number of amides is 2. The number of carboxylic acid groups (broad SMARTS) is 1. The molecular weight excluding hydrogens is 232 g/mol. The van der Waals surface area contributed by atoms with Crippen LogP contribution in [0, 0.1) is 5.92 Å². The van der Waals surface area contributed by atoms with Gasteiger partial charge in [-0.2, -0.15) is 0 Å². The third-order valence-corrected chi connectivity index (χ3v) is 4.07. The highest BCUT2D eigenvalue weighted by atomic mass is 16.4. The molecule has 5 heteroatoms. The van der Waals surface area contributed by atoms with Gasteiger partial charge in [-0.25, -0.2) is 9.59 Å². The molecule has 2 aliphatic rings. The smallest absolute Gasteiger partial charge is 0.326 e. The van der Waals surface area contributed by atoms with E-state index in [1.165, 1.54) is 4.90 Å². The SMILES string of the molecule is CC1CCC(NC(=O)N2CCCCC2C(=O)O)C1. The van der Waals surface area contributed by atoms with Crippen LogP contribution in [0.2, 0.25) is 0 Å². The number of aliphatic carboxylic acids is 1. The van der Waals surface area contributed by atoms with E-state index in [0.717, 1.165) is 32.1 Å². The average molecular weight is 254 g/mol. The van der Waals surface area contributed by atoms with Gasteiger partial charge in [0.25, 0.3) is 0 Å². The molecule has 2 rings (SSSR count). The molecule has 0 aromatic heterocycles. The lowest BCUT2D eigenvalue weighted by atomic mass is 10.0. The van der Waals surface area contributed by atoms with Crippen molar-refractivity contribution in [3.8, 4) is 0 Å². The summed E-state index contributed by atoms with van der Waals surface area (Å²) < 4.78 is 0. The van der Waals surface area contributed by atoms with Crippen LogP contribution in [0.5, 0.6) is 0 Å². The van der Waals surface area contributed by atoms with Crippen LogP contribution in [0.3, 0.4) is 0 Å². The van der Waals surface area contributed by atoms with Crippen molar-refractivity contribution in [1.82, 2.24) is 10.2 Å². The summed E-state index contributed by atoms with van der Waals surface area (Å²) in [6.07, 6.45) is 5.53. The predicted molar refractivity (Wildman–Crippen MR) is 67.3 cm³/mol. The summed E-state index contributed by atoms with van der Waals surface area (Å²) in [7, 11) is 0. The fraction of sp³-hybridized carbons (Fsp3) is 0.846. The van der Waals surface area contributed by atoms with Gasteiger partial charge >= 0.3 is 12.0 Å². The van der Waals surface area contributed by atoms with Crippen molar-refractivity contribution in [3.05, 3.63) is 0 Å². The Kier molecular flexibility index (Phi) is 4.09. The van der Waals surface area contributed by atoms with Crippen molar-refractivity contribution in [3.63, 3.8) is 0 Å². The Hall–Kier alpha value is -1.26. The Labute approximate surface area is 108 Å². The van der Waals surface area contributed by atoms with E-state index in [2.05, 4.69) is 12.2 Å². The van der Waals surface area contributed by atoms with Crippen LogP contribution in [0.25, 0.3) is 0 Å². The highest BCUT2D eigenvalue weighted by Crippen LogP contribution is 2.25. The monoisotopic (exact) mass is 254 g/mol. The third-order valence-electron chi connectivity index (χ3n) is 4.07. The van der Waals surface area contributed by atoms with Gasteiger partial charge in [0, 0.05) is 12.6 Å². The van der Waals surface area contributed by atoms with E-state index in [0.29, 0.717) is 18.9 Å². The molecule has 0 bridgehead atoms. The van der Waals surface area contributed by atoms with E-state index in [-0.39, 0.29) is 12.1 Å². The minimum atomic E-state index is -0.885. The normalized spacial score (nSPS) is 32.3. The van der Waals surface area contributed by atoms with E-state index in [1.807, 2.05) is 0 Å². The molecule has 0 radical (unpaired) electrons. The molecule has 102 valence electrons. The molecule has 5 nitrogen and oxygen atoms in total. The maximum absolute atomic E-state index is 12.1. The standard InChI is InChI=1S/C13H22N2O3/c1-9-5-6-10(8-9)14-13(18)15-7-3-2-4-11(15)12(16)17/h9-11H,2-8H2,1H3,(H,14,18)(H,16,17). The number of carbonyl (C=O) groups excluding carboxylic acids is 1. The molecule has 18 heavy (non-hydrogen) atoms. The molecule has 0 spiro atoms. The number of nitrogens with one attached hydrogen (secondary N) is 1. The zero-order valence-electron chi connectivity index (χ0n) is 10.9. The zero-order valence-corrected chi connectivity index (χ0v) is 10.9. The summed E-state index contributed by atoms with van der Waals surface area (Å²) in [6.45, 7) is 2.75. The van der Waals surface area contributed by atoms with Gasteiger partial charge < -0.3 is 15.3 Å². The minimum absolute atomic E-state index is 0.193. The number of carbonyl (C=O) groups is 2. The molecule has 1 aliphatic heterocycles. The van der Waals surface area contributed by atoms with Gasteiger partial charge in [-0.1, -0.05) is 6.92 Å². The van der Waals surface area contributed by atoms with Crippen LogP contribution < -0.4 is 5.32 Å². The molecule has 1 saturated carbocycles. The fourth-order valence-corrected chi connectivity index (χ4v) is 3.03. The predicted octanol–water partition coefficient (Wildman–Crippen LogP) is 1.82. The van der Waals surface area contributed by atoms with E-state index >= 15 is 0 Å². The van der Waals surface area contributed by atoms with Gasteiger partial charge in [0.15, 0.2) is 0 Å². The van der Waals surface area contributed by atoms with Crippen LogP contribution in [0.1, 0.15) is 45.4 Å². The molecule has 1 saturated heterocycles. The number of hydrogen-bond donors (Lipinski definition) is 2. The first-order valence-electron chi connectivity index (χ1n) is 6.88. The van der Waals surface area contributed by atoms with Gasteiger partial charge in [0.2, 0.25) is 0 Å². The number of likely N-dealkylation sites (tertiary alicyclic amines) is 1. The quantitative estimate of drug-likeness (QED) is 0.789. The molecule has 3 unspecified atom stereocenters. The zero-order chi connectivity index (χ0) is 13.1. The molecule has 2 fully saturated rings. The van der Waals surface area contributed by atoms with Crippen molar-refractivity contribution >= 4 is 12.0 Å². The second kappa shape index (κ2) is 5.59. The van der Waals surface area contributed by atoms with Gasteiger partial charge in [-0.15, -0.1) is 0 Å². The van der Waals surface area contributed by atoms with Crippen molar-refractivity contribution in [2.75, 3.05) is 6.54 Å². The maximum Gasteiger partial charge on any atom is 0.326 e. The van der Waals surface area contributed by atoms with E-state index < -0.39 is 12.0 Å². The van der Waals surface area contributed by atoms with Crippen LogP contribution in [-0.4, -0.2) is 40.6 Å². The fourth-order valence-electron chi connectivity index (χ4n) is 3.03. The third kappa shape index (κ3) is 2.94. The topological polar surface area (TPSA) is 69.6 Å². The number of rotatable bonds is 2. The summed E-state index contributed by atoms with van der Waals surface area (Å²) >= 11 is 0. The average Bonchev–Trinajstić information content (AvgIpc) is 2.74. The number of nitrogens with zero attached hydrogens (tertiary/aromatic N) is 1. The molecule has 2 amide bonds. The maximum atomic E-state index is 12.1. The Morgan fingerprint density at radius 1 is 1.22 bits per heavy atom. The van der Waals surface area contributed by atoms with Crippen LogP contribution >= 0.6 is 0 Å². The number of carboxylic acids is 1. The highest BCUT2D eigenvalue weighted by Gasteiger charge is 2.33. The molecule has 0 aromatic rings. The van der Waals surface area contributed by atoms with E-state index in [1.54, 1.807) is 0 Å². The second-order valence-electron chi connectivity index (χ2n) is 5.61. The number of urea groups is 1. The largest absolute Gasteiger partial charge is 0.480 e. The van der Waals surface area contributed by atoms with Crippen LogP contribution in [-0.2, 0) is 4.79 Å². The van der Waals surface area contributed by atoms with Crippen LogP contribution in [0.4, 0.5) is 4.79 Å². The van der Waals surface area contributed by atoms with Crippen molar-refractivity contribution in [1.29, 1.82) is 0 Å². The Bertz CT molecular complexity index is 332. The lowest BCUT2D eigenvalue weighted by molar-refractivity contribution is -0.143. The Balaban J connectivity index is 1.92. The van der Waals surface area contributed by atoms with Crippen LogP contribution in [0.15, 0.2) is 0 Å². The highest BCUT2D eigenvalue weighted by molar-refractivity contribution is 5.83. The summed E-state index contributed by atoms with van der Waals surface area (Å²) in [5, 5.41) is 12.1.